The lowest BCUT2D eigenvalue weighted by atomic mass is 9.91. The zero-order valence-corrected chi connectivity index (χ0v) is 15.3. The largest absolute Gasteiger partial charge is 0.497 e. The molecule has 0 aromatic heterocycles. The molecule has 134 valence electrons. The highest BCUT2D eigenvalue weighted by Crippen LogP contribution is 2.41. The summed E-state index contributed by atoms with van der Waals surface area (Å²) in [6, 6.07) is 8.14. The van der Waals surface area contributed by atoms with Gasteiger partial charge in [-0.1, -0.05) is 0 Å². The van der Waals surface area contributed by atoms with Gasteiger partial charge in [0.05, 0.1) is 28.4 Å². The maximum Gasteiger partial charge on any atom is 0.161 e. The van der Waals surface area contributed by atoms with E-state index in [9.17, 15) is 0 Å². The molecule has 0 saturated carbocycles. The molecule has 0 radical (unpaired) electrons. The van der Waals surface area contributed by atoms with E-state index in [-0.39, 0.29) is 0 Å². The van der Waals surface area contributed by atoms with E-state index in [1.54, 1.807) is 28.4 Å². The van der Waals surface area contributed by atoms with E-state index >= 15 is 0 Å². The van der Waals surface area contributed by atoms with Crippen LogP contribution >= 0.6 is 0 Å². The predicted molar refractivity (Wildman–Crippen MR) is 98.4 cm³/mol. The summed E-state index contributed by atoms with van der Waals surface area (Å²) in [4.78, 5) is 0. The lowest BCUT2D eigenvalue weighted by Gasteiger charge is -2.19. The van der Waals surface area contributed by atoms with Gasteiger partial charge in [0.25, 0.3) is 0 Å². The lowest BCUT2D eigenvalue weighted by Crippen LogP contribution is -2.19. The Hall–Kier alpha value is -2.40. The van der Waals surface area contributed by atoms with Gasteiger partial charge in [-0.3, -0.25) is 0 Å². The van der Waals surface area contributed by atoms with Crippen molar-refractivity contribution in [2.45, 2.75) is 12.8 Å². The van der Waals surface area contributed by atoms with Crippen LogP contribution in [0.1, 0.15) is 11.1 Å². The first-order chi connectivity index (χ1) is 12.2. The highest BCUT2D eigenvalue weighted by Gasteiger charge is 2.20. The van der Waals surface area contributed by atoms with Crippen molar-refractivity contribution < 1.29 is 18.9 Å². The molecule has 0 fully saturated rings. The summed E-state index contributed by atoms with van der Waals surface area (Å²) in [5.74, 6) is 3.10. The van der Waals surface area contributed by atoms with Crippen molar-refractivity contribution in [2.75, 3.05) is 41.5 Å². The van der Waals surface area contributed by atoms with Crippen molar-refractivity contribution in [3.63, 3.8) is 0 Å². The van der Waals surface area contributed by atoms with Crippen LogP contribution in [0.2, 0.25) is 0 Å². The molecule has 5 nitrogen and oxygen atoms in total. The summed E-state index contributed by atoms with van der Waals surface area (Å²) in [5.41, 5.74) is 4.64. The van der Waals surface area contributed by atoms with Crippen LogP contribution in [0.15, 0.2) is 24.3 Å². The number of benzene rings is 2. The topological polar surface area (TPSA) is 49.0 Å². The molecule has 0 spiro atoms. The summed E-state index contributed by atoms with van der Waals surface area (Å²) < 4.78 is 22.2. The van der Waals surface area contributed by atoms with Gasteiger partial charge in [-0.15, -0.1) is 0 Å². The molecule has 0 amide bonds. The van der Waals surface area contributed by atoms with Crippen LogP contribution in [0.5, 0.6) is 23.0 Å². The molecule has 1 N–H and O–H groups in total. The average molecular weight is 343 g/mol. The van der Waals surface area contributed by atoms with Crippen molar-refractivity contribution in [1.29, 1.82) is 0 Å². The lowest BCUT2D eigenvalue weighted by molar-refractivity contribution is 0.354. The zero-order valence-electron chi connectivity index (χ0n) is 15.3. The van der Waals surface area contributed by atoms with Crippen LogP contribution in [-0.4, -0.2) is 41.5 Å². The molecule has 1 heterocycles. The number of ether oxygens (including phenoxy) is 4. The number of rotatable bonds is 4. The molecule has 5 heteroatoms. The first-order valence-corrected chi connectivity index (χ1v) is 8.42. The Balaban J connectivity index is 2.29. The predicted octanol–water partition coefficient (Wildman–Crippen LogP) is 3.08. The molecule has 1 aliphatic rings. The standard InChI is InChI=1S/C20H25NO4/c1-22-14-10-17-15(18(11-14)23-2)6-8-21-7-5-13-9-19(24-3)20(25-4)12-16(13)17/h9-12,21H,5-8H2,1-4H3. The SMILES string of the molecule is COc1cc(OC)c2c(c1)-c1cc(OC)c(OC)cc1CCNCC2. The van der Waals surface area contributed by atoms with Gasteiger partial charge in [-0.2, -0.15) is 0 Å². The van der Waals surface area contributed by atoms with Crippen LogP contribution in [0.3, 0.4) is 0 Å². The highest BCUT2D eigenvalue weighted by atomic mass is 16.5. The minimum Gasteiger partial charge on any atom is -0.497 e. The third kappa shape index (κ3) is 3.37. The molecule has 0 atom stereocenters. The third-order valence-corrected chi connectivity index (χ3v) is 4.66. The first kappa shape index (κ1) is 17.4. The number of hydrogen-bond acceptors (Lipinski definition) is 5. The Bertz CT molecular complexity index is 758. The van der Waals surface area contributed by atoms with Crippen molar-refractivity contribution in [2.24, 2.45) is 0 Å². The summed E-state index contributed by atoms with van der Waals surface area (Å²) in [6.07, 6.45) is 1.80. The molecule has 0 saturated heterocycles. The zero-order chi connectivity index (χ0) is 17.8. The number of nitrogens with one attached hydrogen (secondary N) is 1. The summed E-state index contributed by atoms with van der Waals surface area (Å²) in [5, 5.41) is 3.50. The fraction of sp³-hybridized carbons (Fsp3) is 0.400. The second-order valence-corrected chi connectivity index (χ2v) is 5.97. The summed E-state index contributed by atoms with van der Waals surface area (Å²) in [6.45, 7) is 1.81. The fourth-order valence-electron chi connectivity index (χ4n) is 3.36. The smallest absolute Gasteiger partial charge is 0.161 e. The molecule has 0 bridgehead atoms. The maximum atomic E-state index is 5.65. The normalized spacial score (nSPS) is 13.6. The minimum absolute atomic E-state index is 0.723. The molecule has 1 aliphatic heterocycles. The van der Waals surface area contributed by atoms with Gasteiger partial charge in [0.2, 0.25) is 0 Å². The Labute approximate surface area is 148 Å². The fourth-order valence-corrected chi connectivity index (χ4v) is 3.36. The molecule has 2 aromatic rings. The average Bonchev–Trinajstić information content (AvgIpc) is 2.74. The van der Waals surface area contributed by atoms with E-state index in [4.69, 9.17) is 18.9 Å². The number of hydrogen-bond donors (Lipinski definition) is 1. The van der Waals surface area contributed by atoms with Gasteiger partial charge in [0.1, 0.15) is 11.5 Å². The second-order valence-electron chi connectivity index (χ2n) is 5.97. The van der Waals surface area contributed by atoms with Gasteiger partial charge in [0, 0.05) is 11.6 Å². The Morgan fingerprint density at radius 1 is 0.680 bits per heavy atom. The van der Waals surface area contributed by atoms with Crippen molar-refractivity contribution >= 4 is 0 Å². The Morgan fingerprint density at radius 2 is 1.36 bits per heavy atom. The van der Waals surface area contributed by atoms with Crippen LogP contribution < -0.4 is 24.3 Å². The van der Waals surface area contributed by atoms with Gasteiger partial charge in [0.15, 0.2) is 11.5 Å². The van der Waals surface area contributed by atoms with E-state index in [0.29, 0.717) is 0 Å². The molecule has 25 heavy (non-hydrogen) atoms. The van der Waals surface area contributed by atoms with E-state index in [1.807, 2.05) is 6.07 Å². The molecule has 0 unspecified atom stereocenters. The van der Waals surface area contributed by atoms with Crippen LogP contribution in [0.4, 0.5) is 0 Å². The van der Waals surface area contributed by atoms with Crippen LogP contribution in [0.25, 0.3) is 11.1 Å². The molecular weight excluding hydrogens is 318 g/mol. The highest BCUT2D eigenvalue weighted by molar-refractivity contribution is 5.77. The van der Waals surface area contributed by atoms with Gasteiger partial charge in [-0.05, 0) is 60.8 Å². The van der Waals surface area contributed by atoms with Gasteiger partial charge < -0.3 is 24.3 Å². The molecule has 3 rings (SSSR count). The van der Waals surface area contributed by atoms with Crippen molar-refractivity contribution in [1.82, 2.24) is 5.32 Å². The second kappa shape index (κ2) is 7.66. The monoisotopic (exact) mass is 343 g/mol. The van der Waals surface area contributed by atoms with Gasteiger partial charge >= 0.3 is 0 Å². The Kier molecular flexibility index (Phi) is 5.34. The molecule has 2 aromatic carbocycles. The Morgan fingerprint density at radius 3 is 2.04 bits per heavy atom. The van der Waals surface area contributed by atoms with Crippen molar-refractivity contribution in [3.8, 4) is 34.1 Å². The van der Waals surface area contributed by atoms with E-state index in [0.717, 1.165) is 60.1 Å². The first-order valence-electron chi connectivity index (χ1n) is 8.42. The molecule has 0 aliphatic carbocycles. The number of fused-ring (bicyclic) bond motifs is 3. The maximum absolute atomic E-state index is 5.65. The third-order valence-electron chi connectivity index (χ3n) is 4.66. The van der Waals surface area contributed by atoms with Gasteiger partial charge in [-0.25, -0.2) is 0 Å². The van der Waals surface area contributed by atoms with Crippen LogP contribution in [0, 0.1) is 0 Å². The summed E-state index contributed by atoms with van der Waals surface area (Å²) in [7, 11) is 6.70. The van der Waals surface area contributed by atoms with E-state index in [1.165, 1.54) is 11.1 Å². The number of methoxy groups -OCH3 is 4. The summed E-state index contributed by atoms with van der Waals surface area (Å²) >= 11 is 0. The van der Waals surface area contributed by atoms with Crippen molar-refractivity contribution in [3.05, 3.63) is 35.4 Å². The van der Waals surface area contributed by atoms with E-state index in [2.05, 4.69) is 23.5 Å². The van der Waals surface area contributed by atoms with Crippen LogP contribution in [-0.2, 0) is 12.8 Å². The molecular formula is C20H25NO4. The quantitative estimate of drug-likeness (QED) is 0.924. The van der Waals surface area contributed by atoms with E-state index < -0.39 is 0 Å². The minimum atomic E-state index is 0.723.